The highest BCUT2D eigenvalue weighted by atomic mass is 32.1. The lowest BCUT2D eigenvalue weighted by Gasteiger charge is -1.90. The number of rotatable bonds is 2. The van der Waals surface area contributed by atoms with Crippen molar-refractivity contribution in [2.24, 2.45) is 0 Å². The number of carboxylic acids is 2. The molecular formula is C10H8NO4S+. The van der Waals surface area contributed by atoms with Gasteiger partial charge in [-0.05, 0) is 6.07 Å². The number of carboxylic acid groups (broad SMARTS) is 2. The van der Waals surface area contributed by atoms with E-state index in [1.54, 1.807) is 25.1 Å². The SMILES string of the molecule is Cc1cccc2sc(C(=O)O)c(C(=O)O)[n+]12. The minimum Gasteiger partial charge on any atom is -0.477 e. The van der Waals surface area contributed by atoms with Crippen LogP contribution in [0, 0.1) is 6.92 Å². The summed E-state index contributed by atoms with van der Waals surface area (Å²) in [7, 11) is 0. The molecule has 0 aliphatic rings. The number of fused-ring (bicyclic) bond motifs is 1. The van der Waals surface area contributed by atoms with Gasteiger partial charge < -0.3 is 10.2 Å². The first-order chi connectivity index (χ1) is 7.52. The highest BCUT2D eigenvalue weighted by Crippen LogP contribution is 2.18. The van der Waals surface area contributed by atoms with Crippen LogP contribution < -0.4 is 4.40 Å². The number of aromatic nitrogens is 1. The summed E-state index contributed by atoms with van der Waals surface area (Å²) >= 11 is 0.957. The molecule has 0 bridgehead atoms. The van der Waals surface area contributed by atoms with Crippen molar-refractivity contribution in [1.29, 1.82) is 0 Å². The lowest BCUT2D eigenvalue weighted by molar-refractivity contribution is -0.519. The largest absolute Gasteiger partial charge is 0.477 e. The van der Waals surface area contributed by atoms with Crippen LogP contribution in [0.25, 0.3) is 4.83 Å². The molecule has 0 atom stereocenters. The van der Waals surface area contributed by atoms with Gasteiger partial charge in [0.15, 0.2) is 10.6 Å². The van der Waals surface area contributed by atoms with Crippen LogP contribution >= 0.6 is 11.3 Å². The van der Waals surface area contributed by atoms with Crippen LogP contribution in [0.2, 0.25) is 0 Å². The number of pyridine rings is 1. The van der Waals surface area contributed by atoms with Gasteiger partial charge in [0, 0.05) is 19.1 Å². The average molecular weight is 238 g/mol. The average Bonchev–Trinajstić information content (AvgIpc) is 2.58. The molecule has 2 rings (SSSR count). The first-order valence-electron chi connectivity index (χ1n) is 4.43. The Hall–Kier alpha value is -1.95. The van der Waals surface area contributed by atoms with Gasteiger partial charge in [0.25, 0.3) is 4.83 Å². The monoisotopic (exact) mass is 238 g/mol. The summed E-state index contributed by atoms with van der Waals surface area (Å²) in [5.41, 5.74) is 0.504. The molecule has 0 saturated heterocycles. The standard InChI is InChI=1S/C10H7NO4S/c1-5-3-2-4-6-11(5)7(9(12)13)8(16-6)10(14)15/h2-4H,1H3,(H-,12,13,14,15)/p+1. The number of aryl methyl sites for hydroxylation is 1. The van der Waals surface area contributed by atoms with E-state index in [0.717, 1.165) is 11.3 Å². The smallest absolute Gasteiger partial charge is 0.403 e. The maximum atomic E-state index is 11.1. The van der Waals surface area contributed by atoms with E-state index in [2.05, 4.69) is 0 Å². The van der Waals surface area contributed by atoms with E-state index in [1.165, 1.54) is 4.40 Å². The summed E-state index contributed by atoms with van der Waals surface area (Å²) in [5, 5.41) is 18.0. The molecule has 0 fully saturated rings. The number of aromatic carboxylic acids is 2. The Balaban J connectivity index is 2.94. The Morgan fingerprint density at radius 3 is 2.50 bits per heavy atom. The number of thiazole rings is 1. The van der Waals surface area contributed by atoms with Gasteiger partial charge in [0.2, 0.25) is 0 Å². The minimum absolute atomic E-state index is 0.151. The minimum atomic E-state index is -1.23. The molecule has 82 valence electrons. The lowest BCUT2D eigenvalue weighted by Crippen LogP contribution is -2.31. The van der Waals surface area contributed by atoms with Gasteiger partial charge in [-0.2, -0.15) is 0 Å². The molecule has 0 radical (unpaired) electrons. The molecule has 2 aromatic heterocycles. The van der Waals surface area contributed by atoms with E-state index in [-0.39, 0.29) is 10.6 Å². The summed E-state index contributed by atoms with van der Waals surface area (Å²) in [6.07, 6.45) is 0. The Morgan fingerprint density at radius 2 is 1.94 bits per heavy atom. The molecule has 6 heteroatoms. The molecular weight excluding hydrogens is 230 g/mol. The van der Waals surface area contributed by atoms with Crippen LogP contribution in [0.15, 0.2) is 18.2 Å². The van der Waals surface area contributed by atoms with Gasteiger partial charge in [0.1, 0.15) is 0 Å². The molecule has 0 unspecified atom stereocenters. The summed E-state index contributed by atoms with van der Waals surface area (Å²) < 4.78 is 1.44. The topological polar surface area (TPSA) is 78.7 Å². The van der Waals surface area contributed by atoms with Gasteiger partial charge >= 0.3 is 17.6 Å². The van der Waals surface area contributed by atoms with Crippen molar-refractivity contribution < 1.29 is 24.2 Å². The third-order valence-electron chi connectivity index (χ3n) is 2.19. The van der Waals surface area contributed by atoms with Crippen molar-refractivity contribution >= 4 is 28.1 Å². The molecule has 0 spiro atoms. The second kappa shape index (κ2) is 3.57. The number of carbonyl (C=O) groups is 2. The summed E-state index contributed by atoms with van der Waals surface area (Å²) in [6.45, 7) is 1.73. The fourth-order valence-electron chi connectivity index (χ4n) is 1.55. The molecule has 0 aliphatic heterocycles. The number of hydrogen-bond donors (Lipinski definition) is 2. The zero-order chi connectivity index (χ0) is 11.9. The van der Waals surface area contributed by atoms with Crippen LogP contribution in [0.1, 0.15) is 25.9 Å². The second-order valence-corrected chi connectivity index (χ2v) is 4.26. The maximum absolute atomic E-state index is 11.1. The van der Waals surface area contributed by atoms with E-state index in [0.29, 0.717) is 10.5 Å². The van der Waals surface area contributed by atoms with Crippen LogP contribution in [0.3, 0.4) is 0 Å². The molecule has 2 heterocycles. The van der Waals surface area contributed by atoms with E-state index < -0.39 is 11.9 Å². The van der Waals surface area contributed by atoms with Crippen molar-refractivity contribution in [3.8, 4) is 0 Å². The Morgan fingerprint density at radius 1 is 1.25 bits per heavy atom. The summed E-state index contributed by atoms with van der Waals surface area (Å²) in [6, 6.07) is 5.19. The first-order valence-corrected chi connectivity index (χ1v) is 5.25. The van der Waals surface area contributed by atoms with Crippen LogP contribution in [0.4, 0.5) is 0 Å². The lowest BCUT2D eigenvalue weighted by atomic mass is 10.3. The summed E-state index contributed by atoms with van der Waals surface area (Å²) in [4.78, 5) is 22.5. The molecule has 16 heavy (non-hydrogen) atoms. The van der Waals surface area contributed by atoms with Gasteiger partial charge in [0.05, 0.1) is 0 Å². The van der Waals surface area contributed by atoms with Crippen molar-refractivity contribution in [2.45, 2.75) is 6.92 Å². The molecule has 0 saturated carbocycles. The van der Waals surface area contributed by atoms with Crippen molar-refractivity contribution in [1.82, 2.24) is 0 Å². The number of hydrogen-bond acceptors (Lipinski definition) is 3. The predicted molar refractivity (Wildman–Crippen MR) is 56.1 cm³/mol. The summed E-state index contributed by atoms with van der Waals surface area (Å²) in [5.74, 6) is -2.45. The van der Waals surface area contributed by atoms with E-state index in [1.807, 2.05) is 0 Å². The van der Waals surface area contributed by atoms with E-state index >= 15 is 0 Å². The molecule has 2 aromatic rings. The van der Waals surface area contributed by atoms with Gasteiger partial charge in [-0.15, -0.1) is 4.40 Å². The number of nitrogens with zero attached hydrogens (tertiary/aromatic N) is 1. The zero-order valence-electron chi connectivity index (χ0n) is 8.30. The molecule has 5 nitrogen and oxygen atoms in total. The fraction of sp³-hybridized carbons (Fsp3) is 0.100. The van der Waals surface area contributed by atoms with E-state index in [9.17, 15) is 9.59 Å². The van der Waals surface area contributed by atoms with Crippen molar-refractivity contribution in [3.05, 3.63) is 34.5 Å². The first kappa shape index (κ1) is 10.6. The fourth-order valence-corrected chi connectivity index (χ4v) is 2.60. The highest BCUT2D eigenvalue weighted by molar-refractivity contribution is 7.18. The second-order valence-electron chi connectivity index (χ2n) is 3.23. The Labute approximate surface area is 94.2 Å². The van der Waals surface area contributed by atoms with Crippen LogP contribution in [-0.4, -0.2) is 22.2 Å². The normalized spacial score (nSPS) is 10.6. The van der Waals surface area contributed by atoms with E-state index in [4.69, 9.17) is 10.2 Å². The molecule has 0 aromatic carbocycles. The molecule has 0 aliphatic carbocycles. The van der Waals surface area contributed by atoms with Gasteiger partial charge in [-0.25, -0.2) is 9.59 Å². The van der Waals surface area contributed by atoms with Crippen LogP contribution in [-0.2, 0) is 0 Å². The maximum Gasteiger partial charge on any atom is 0.403 e. The molecule has 2 N–H and O–H groups in total. The van der Waals surface area contributed by atoms with Gasteiger partial charge in [-0.3, -0.25) is 0 Å². The highest BCUT2D eigenvalue weighted by Gasteiger charge is 2.32. The zero-order valence-corrected chi connectivity index (χ0v) is 9.11. The third-order valence-corrected chi connectivity index (χ3v) is 3.29. The Bertz CT molecular complexity index is 602. The predicted octanol–water partition coefficient (Wildman–Crippen LogP) is 1.19. The quantitative estimate of drug-likeness (QED) is 0.770. The third kappa shape index (κ3) is 1.43. The Kier molecular flexibility index (Phi) is 2.35. The molecule has 0 amide bonds. The van der Waals surface area contributed by atoms with Gasteiger partial charge in [-0.1, -0.05) is 11.3 Å². The van der Waals surface area contributed by atoms with Crippen molar-refractivity contribution in [2.75, 3.05) is 0 Å². The van der Waals surface area contributed by atoms with Crippen molar-refractivity contribution in [3.63, 3.8) is 0 Å². The van der Waals surface area contributed by atoms with Crippen LogP contribution in [0.5, 0.6) is 0 Å².